The van der Waals surface area contributed by atoms with Crippen LogP contribution in [0.4, 0.5) is 26.3 Å². The van der Waals surface area contributed by atoms with E-state index in [0.29, 0.717) is 41.6 Å². The Morgan fingerprint density at radius 1 is 0.892 bits per heavy atom. The molecule has 1 unspecified atom stereocenters. The van der Waals surface area contributed by atoms with E-state index >= 15 is 0 Å². The number of amides is 1. The lowest BCUT2D eigenvalue weighted by molar-refractivity contribution is -0.143. The molecule has 0 bridgehead atoms. The Morgan fingerprint density at radius 3 is 2.08 bits per heavy atom. The van der Waals surface area contributed by atoms with Crippen LogP contribution in [-0.2, 0) is 23.7 Å². The average Bonchev–Trinajstić information content (AvgIpc) is 2.84. The van der Waals surface area contributed by atoms with Crippen molar-refractivity contribution in [1.82, 2.24) is 10.6 Å². The molecular formula is C26H28Cl2F6N2O. The molecule has 0 saturated heterocycles. The maximum Gasteiger partial charge on any atom is 0.416 e. The summed E-state index contributed by atoms with van der Waals surface area (Å²) in [5.74, 6) is -0.694. The van der Waals surface area contributed by atoms with E-state index in [-0.39, 0.29) is 16.7 Å². The number of hydrogen-bond donors (Lipinski definition) is 2. The molecule has 1 fully saturated rings. The highest BCUT2D eigenvalue weighted by Crippen LogP contribution is 2.36. The summed E-state index contributed by atoms with van der Waals surface area (Å²) in [5, 5.41) is 6.40. The molecule has 0 spiro atoms. The van der Waals surface area contributed by atoms with Crippen LogP contribution >= 0.6 is 23.2 Å². The first-order chi connectivity index (χ1) is 17.3. The number of alkyl halides is 6. The third-order valence-electron chi connectivity index (χ3n) is 6.54. The first-order valence-electron chi connectivity index (χ1n) is 12.1. The average molecular weight is 569 g/mol. The fourth-order valence-corrected chi connectivity index (χ4v) is 4.86. The molecule has 1 saturated carbocycles. The predicted molar refractivity (Wildman–Crippen MR) is 132 cm³/mol. The Kier molecular flexibility index (Phi) is 10.2. The van der Waals surface area contributed by atoms with Crippen LogP contribution in [0.1, 0.15) is 66.7 Å². The van der Waals surface area contributed by atoms with Crippen LogP contribution in [0.2, 0.25) is 10.0 Å². The van der Waals surface area contributed by atoms with Gasteiger partial charge in [-0.2, -0.15) is 26.3 Å². The summed E-state index contributed by atoms with van der Waals surface area (Å²) >= 11 is 12.1. The molecule has 3 nitrogen and oxygen atoms in total. The molecule has 0 heterocycles. The number of halogens is 8. The van der Waals surface area contributed by atoms with Gasteiger partial charge >= 0.3 is 12.4 Å². The number of rotatable bonds is 9. The molecule has 1 amide bonds. The molecule has 37 heavy (non-hydrogen) atoms. The predicted octanol–water partition coefficient (Wildman–Crippen LogP) is 7.99. The van der Waals surface area contributed by atoms with Crippen molar-refractivity contribution in [1.29, 1.82) is 0 Å². The van der Waals surface area contributed by atoms with E-state index in [9.17, 15) is 31.1 Å². The normalized spacial score (nSPS) is 16.0. The number of nitrogens with one attached hydrogen (secondary N) is 2. The molecular weight excluding hydrogens is 541 g/mol. The van der Waals surface area contributed by atoms with Gasteiger partial charge in [-0.3, -0.25) is 4.79 Å². The van der Waals surface area contributed by atoms with Gasteiger partial charge in [0.2, 0.25) is 5.91 Å². The van der Waals surface area contributed by atoms with Gasteiger partial charge in [0.1, 0.15) is 0 Å². The second-order valence-corrected chi connectivity index (χ2v) is 10.2. The Labute approximate surface area is 221 Å². The molecule has 1 aliphatic carbocycles. The third kappa shape index (κ3) is 8.79. The van der Waals surface area contributed by atoms with Gasteiger partial charge in [-0.1, -0.05) is 48.5 Å². The fraction of sp³-hybridized carbons (Fsp3) is 0.500. The molecule has 11 heteroatoms. The van der Waals surface area contributed by atoms with E-state index in [1.807, 2.05) is 0 Å². The van der Waals surface area contributed by atoms with E-state index in [2.05, 4.69) is 10.6 Å². The van der Waals surface area contributed by atoms with Crippen LogP contribution in [-0.4, -0.2) is 19.0 Å². The van der Waals surface area contributed by atoms with Crippen LogP contribution in [0, 0.1) is 5.92 Å². The van der Waals surface area contributed by atoms with Crippen molar-refractivity contribution < 1.29 is 31.1 Å². The zero-order chi connectivity index (χ0) is 27.2. The van der Waals surface area contributed by atoms with Crippen LogP contribution in [0.15, 0.2) is 36.4 Å². The molecule has 0 aromatic heterocycles. The highest BCUT2D eigenvalue weighted by atomic mass is 35.5. The summed E-state index contributed by atoms with van der Waals surface area (Å²) in [6, 6.07) is 5.98. The number of carbonyl (C=O) groups excluding carboxylic acids is 1. The van der Waals surface area contributed by atoms with Gasteiger partial charge in [0.15, 0.2) is 0 Å². The first kappa shape index (κ1) is 29.6. The largest absolute Gasteiger partial charge is 0.416 e. The van der Waals surface area contributed by atoms with Crippen LogP contribution < -0.4 is 10.6 Å². The molecule has 2 aromatic rings. The van der Waals surface area contributed by atoms with E-state index in [1.165, 1.54) is 25.3 Å². The zero-order valence-corrected chi connectivity index (χ0v) is 21.4. The lowest BCUT2D eigenvalue weighted by Crippen LogP contribution is -2.32. The molecule has 1 aliphatic rings. The van der Waals surface area contributed by atoms with Crippen molar-refractivity contribution in [3.8, 4) is 0 Å². The minimum absolute atomic E-state index is 0.0574. The summed E-state index contributed by atoms with van der Waals surface area (Å²) in [4.78, 5) is 13.1. The van der Waals surface area contributed by atoms with Crippen molar-refractivity contribution in [2.45, 2.75) is 63.3 Å². The smallest absolute Gasteiger partial charge is 0.351 e. The molecule has 3 rings (SSSR count). The second kappa shape index (κ2) is 12.7. The molecule has 1 atom stereocenters. The SMILES string of the molecule is O=C(NCc1cc(C(F)(F)F)cc(C(F)(F)F)c1)C(CCNCC1CCCCC1)c1ccc(Cl)c(Cl)c1. The van der Waals surface area contributed by atoms with Gasteiger partial charge in [0.05, 0.1) is 27.1 Å². The third-order valence-corrected chi connectivity index (χ3v) is 7.28. The van der Waals surface area contributed by atoms with Crippen molar-refractivity contribution in [3.05, 3.63) is 68.7 Å². The summed E-state index contributed by atoms with van der Waals surface area (Å²) in [6.07, 6.45) is -3.63. The van der Waals surface area contributed by atoms with Gasteiger partial charge in [-0.25, -0.2) is 0 Å². The lowest BCUT2D eigenvalue weighted by Gasteiger charge is -2.23. The van der Waals surface area contributed by atoms with Gasteiger partial charge in [0.25, 0.3) is 0 Å². The van der Waals surface area contributed by atoms with E-state index < -0.39 is 41.8 Å². The van der Waals surface area contributed by atoms with E-state index in [4.69, 9.17) is 23.2 Å². The first-order valence-corrected chi connectivity index (χ1v) is 12.8. The number of benzene rings is 2. The van der Waals surface area contributed by atoms with Crippen molar-refractivity contribution in [2.24, 2.45) is 5.92 Å². The highest BCUT2D eigenvalue weighted by Gasteiger charge is 2.37. The van der Waals surface area contributed by atoms with Gasteiger partial charge in [-0.15, -0.1) is 0 Å². The van der Waals surface area contributed by atoms with Crippen molar-refractivity contribution in [3.63, 3.8) is 0 Å². The Bertz CT molecular complexity index is 1040. The van der Waals surface area contributed by atoms with E-state index in [1.54, 1.807) is 12.1 Å². The summed E-state index contributed by atoms with van der Waals surface area (Å²) in [7, 11) is 0. The molecule has 0 radical (unpaired) electrons. The summed E-state index contributed by atoms with van der Waals surface area (Å²) in [6.45, 7) is 0.815. The Morgan fingerprint density at radius 2 is 1.51 bits per heavy atom. The maximum atomic E-state index is 13.2. The quantitative estimate of drug-likeness (QED) is 0.238. The van der Waals surface area contributed by atoms with Gasteiger partial charge in [-0.05, 0) is 79.7 Å². The minimum atomic E-state index is -4.97. The summed E-state index contributed by atoms with van der Waals surface area (Å²) in [5.41, 5.74) is -2.62. The summed E-state index contributed by atoms with van der Waals surface area (Å²) < 4.78 is 79.1. The molecule has 0 aliphatic heterocycles. The Balaban J connectivity index is 1.73. The lowest BCUT2D eigenvalue weighted by atomic mass is 9.89. The molecule has 2 N–H and O–H groups in total. The van der Waals surface area contributed by atoms with Crippen LogP contribution in [0.25, 0.3) is 0 Å². The number of hydrogen-bond acceptors (Lipinski definition) is 2. The van der Waals surface area contributed by atoms with Crippen LogP contribution in [0.5, 0.6) is 0 Å². The van der Waals surface area contributed by atoms with Crippen molar-refractivity contribution >= 4 is 29.1 Å². The molecule has 2 aromatic carbocycles. The fourth-order valence-electron chi connectivity index (χ4n) is 4.56. The minimum Gasteiger partial charge on any atom is -0.351 e. The monoisotopic (exact) mass is 568 g/mol. The zero-order valence-electron chi connectivity index (χ0n) is 19.9. The maximum absolute atomic E-state index is 13.2. The van der Waals surface area contributed by atoms with Crippen LogP contribution in [0.3, 0.4) is 0 Å². The highest BCUT2D eigenvalue weighted by molar-refractivity contribution is 6.42. The topological polar surface area (TPSA) is 41.1 Å². The Hall–Kier alpha value is -1.97. The molecule has 204 valence electrons. The van der Waals surface area contributed by atoms with E-state index in [0.717, 1.165) is 19.4 Å². The number of carbonyl (C=O) groups is 1. The standard InChI is InChI=1S/C26H28Cl2F6N2O/c27-22-7-6-18(12-23(22)28)21(8-9-35-14-16-4-2-1-3-5-16)24(37)36-15-17-10-19(25(29,30)31)13-20(11-17)26(32,33)34/h6-7,10-13,16,21,35H,1-5,8-9,14-15H2,(H,36,37). The van der Waals surface area contributed by atoms with Gasteiger partial charge < -0.3 is 10.6 Å². The second-order valence-electron chi connectivity index (χ2n) is 9.35. The van der Waals surface area contributed by atoms with Gasteiger partial charge in [0, 0.05) is 6.54 Å². The van der Waals surface area contributed by atoms with Crippen molar-refractivity contribution in [2.75, 3.05) is 13.1 Å².